The number of hydrogen-bond acceptors (Lipinski definition) is 9. The van der Waals surface area contributed by atoms with Crippen LogP contribution in [0.2, 0.25) is 0 Å². The summed E-state index contributed by atoms with van der Waals surface area (Å²) in [7, 11) is 0. The average molecular weight is 613 g/mol. The molecule has 5 N–H and O–H groups in total. The summed E-state index contributed by atoms with van der Waals surface area (Å²) in [6, 6.07) is 0. The summed E-state index contributed by atoms with van der Waals surface area (Å²) >= 11 is 0. The molecule has 0 radical (unpaired) electrons. The van der Waals surface area contributed by atoms with Crippen LogP contribution in [0.15, 0.2) is 0 Å². The Bertz CT molecular complexity index is 853. The highest BCUT2D eigenvalue weighted by Crippen LogP contribution is 2.22. The number of nitrogens with zero attached hydrogens (tertiary/aromatic N) is 4. The minimum absolute atomic E-state index is 0.0911. The molecule has 2 aliphatic rings. The fourth-order valence-corrected chi connectivity index (χ4v) is 5.60. The van der Waals surface area contributed by atoms with Crippen molar-refractivity contribution in [2.24, 2.45) is 5.92 Å². The Morgan fingerprint density at radius 2 is 0.977 bits per heavy atom. The van der Waals surface area contributed by atoms with E-state index in [1.165, 1.54) is 32.1 Å². The first-order valence-electron chi connectivity index (χ1n) is 15.7. The van der Waals surface area contributed by atoms with Gasteiger partial charge >= 0.3 is 17.9 Å². The zero-order valence-corrected chi connectivity index (χ0v) is 25.5. The van der Waals surface area contributed by atoms with Crippen LogP contribution >= 0.6 is 0 Å². The van der Waals surface area contributed by atoms with E-state index >= 15 is 0 Å². The van der Waals surface area contributed by atoms with E-state index in [1.807, 2.05) is 4.90 Å². The van der Waals surface area contributed by atoms with Crippen LogP contribution in [0.3, 0.4) is 0 Å². The van der Waals surface area contributed by atoms with Gasteiger partial charge in [0.15, 0.2) is 0 Å². The zero-order valence-electron chi connectivity index (χ0n) is 25.5. The molecule has 14 heteroatoms. The van der Waals surface area contributed by atoms with Gasteiger partial charge in [0.1, 0.15) is 0 Å². The second-order valence-corrected chi connectivity index (χ2v) is 11.8. The number of hydrogen-bond donors (Lipinski definition) is 5. The standard InChI is InChI=1S/C29H52N6O8/c36-25(31-19-24-7-3-1-4-8-24)9-5-2-6-10-30-26(37)20-32-11-13-33(21-27(38)39)15-17-35(23-29(42)43)18-16-34(14-12-32)22-28(40)41/h24H,1-23H2,(H,30,37)(H,31,36)(H,38,39)(H,40,41)(H,42,43). The number of nitrogens with one attached hydrogen (secondary N) is 2. The molecule has 0 unspecified atom stereocenters. The highest BCUT2D eigenvalue weighted by atomic mass is 16.4. The van der Waals surface area contributed by atoms with Crippen molar-refractivity contribution in [3.05, 3.63) is 0 Å². The number of rotatable bonds is 16. The van der Waals surface area contributed by atoms with Crippen molar-refractivity contribution < 1.29 is 39.3 Å². The quantitative estimate of drug-likeness (QED) is 0.145. The van der Waals surface area contributed by atoms with E-state index in [1.54, 1.807) is 14.7 Å². The maximum absolute atomic E-state index is 12.7. The minimum Gasteiger partial charge on any atom is -0.480 e. The second-order valence-electron chi connectivity index (χ2n) is 11.8. The van der Waals surface area contributed by atoms with E-state index in [0.717, 1.165) is 25.8 Å². The predicted octanol–water partition coefficient (Wildman–Crippen LogP) is -0.165. The molecule has 0 bridgehead atoms. The van der Waals surface area contributed by atoms with Crippen LogP contribution in [0.4, 0.5) is 0 Å². The van der Waals surface area contributed by atoms with Gasteiger partial charge in [0, 0.05) is 71.9 Å². The highest BCUT2D eigenvalue weighted by Gasteiger charge is 2.21. The average Bonchev–Trinajstić information content (AvgIpc) is 2.94. The summed E-state index contributed by atoms with van der Waals surface area (Å²) in [5.74, 6) is -2.45. The lowest BCUT2D eigenvalue weighted by Crippen LogP contribution is -2.49. The maximum atomic E-state index is 12.7. The van der Waals surface area contributed by atoms with Crippen LogP contribution < -0.4 is 10.6 Å². The molecule has 246 valence electrons. The zero-order chi connectivity index (χ0) is 31.5. The molecule has 0 atom stereocenters. The van der Waals surface area contributed by atoms with Gasteiger partial charge in [-0.3, -0.25) is 43.6 Å². The van der Waals surface area contributed by atoms with Gasteiger partial charge in [0.2, 0.25) is 11.8 Å². The SMILES string of the molecule is O=C(O)CN1CCN(CC(=O)O)CCN(CC(=O)NCCCCCC(=O)NCC2CCCCC2)CCN(CC(=O)O)CC1. The lowest BCUT2D eigenvalue weighted by molar-refractivity contribution is -0.140. The molecule has 1 aliphatic heterocycles. The molecular formula is C29H52N6O8. The van der Waals surface area contributed by atoms with E-state index in [2.05, 4.69) is 10.6 Å². The van der Waals surface area contributed by atoms with E-state index in [0.29, 0.717) is 71.2 Å². The van der Waals surface area contributed by atoms with E-state index in [4.69, 9.17) is 0 Å². The molecule has 0 aromatic heterocycles. The van der Waals surface area contributed by atoms with Gasteiger partial charge in [0.05, 0.1) is 26.2 Å². The molecule has 1 saturated heterocycles. The van der Waals surface area contributed by atoms with Crippen molar-refractivity contribution in [1.29, 1.82) is 0 Å². The fraction of sp³-hybridized carbons (Fsp3) is 0.828. The third-order valence-electron chi connectivity index (χ3n) is 8.09. The van der Waals surface area contributed by atoms with Crippen molar-refractivity contribution in [3.63, 3.8) is 0 Å². The summed E-state index contributed by atoms with van der Waals surface area (Å²) < 4.78 is 0. The third kappa shape index (κ3) is 17.8. The Morgan fingerprint density at radius 3 is 1.42 bits per heavy atom. The minimum atomic E-state index is -1.01. The lowest BCUT2D eigenvalue weighted by atomic mass is 9.89. The molecule has 1 saturated carbocycles. The summed E-state index contributed by atoms with van der Waals surface area (Å²) in [6.45, 7) is 3.56. The molecule has 1 heterocycles. The summed E-state index contributed by atoms with van der Waals surface area (Å²) in [4.78, 5) is 66.1. The molecule has 2 amide bonds. The van der Waals surface area contributed by atoms with Crippen LogP contribution in [-0.4, -0.2) is 156 Å². The Balaban J connectivity index is 1.79. The molecule has 2 fully saturated rings. The number of amides is 2. The van der Waals surface area contributed by atoms with Crippen LogP contribution in [0.1, 0.15) is 57.8 Å². The summed E-state index contributed by atoms with van der Waals surface area (Å²) in [5.41, 5.74) is 0. The smallest absolute Gasteiger partial charge is 0.317 e. The number of carbonyl (C=O) groups excluding carboxylic acids is 2. The van der Waals surface area contributed by atoms with Crippen molar-refractivity contribution in [2.75, 3.05) is 91.6 Å². The van der Waals surface area contributed by atoms with E-state index in [9.17, 15) is 39.3 Å². The first-order valence-corrected chi connectivity index (χ1v) is 15.7. The van der Waals surface area contributed by atoms with Gasteiger partial charge < -0.3 is 26.0 Å². The predicted molar refractivity (Wildman–Crippen MR) is 160 cm³/mol. The Labute approximate surface area is 254 Å². The normalized spacial score (nSPS) is 19.2. The maximum Gasteiger partial charge on any atom is 0.317 e. The Hall–Kier alpha value is -2.81. The summed E-state index contributed by atoms with van der Waals surface area (Å²) in [6.07, 6.45) is 9.05. The van der Waals surface area contributed by atoms with Crippen LogP contribution in [-0.2, 0) is 24.0 Å². The van der Waals surface area contributed by atoms with Crippen molar-refractivity contribution in [2.45, 2.75) is 57.8 Å². The first kappa shape index (κ1) is 36.4. The molecule has 0 aromatic carbocycles. The van der Waals surface area contributed by atoms with Gasteiger partial charge in [-0.25, -0.2) is 0 Å². The molecule has 0 aromatic rings. The monoisotopic (exact) mass is 612 g/mol. The molecular weight excluding hydrogens is 560 g/mol. The highest BCUT2D eigenvalue weighted by molar-refractivity contribution is 5.78. The van der Waals surface area contributed by atoms with Crippen LogP contribution in [0.25, 0.3) is 0 Å². The second kappa shape index (κ2) is 21.0. The van der Waals surface area contributed by atoms with E-state index in [-0.39, 0.29) is 38.0 Å². The molecule has 14 nitrogen and oxygen atoms in total. The molecule has 0 spiro atoms. The summed E-state index contributed by atoms with van der Waals surface area (Å²) in [5, 5.41) is 34.0. The van der Waals surface area contributed by atoms with Crippen molar-refractivity contribution in [1.82, 2.24) is 30.2 Å². The van der Waals surface area contributed by atoms with Gasteiger partial charge in [-0.15, -0.1) is 0 Å². The number of carbonyl (C=O) groups is 5. The molecule has 43 heavy (non-hydrogen) atoms. The molecule has 1 aliphatic carbocycles. The number of unbranched alkanes of at least 4 members (excludes halogenated alkanes) is 2. The number of aliphatic carboxylic acids is 3. The topological polar surface area (TPSA) is 183 Å². The van der Waals surface area contributed by atoms with Crippen LogP contribution in [0, 0.1) is 5.92 Å². The molecule has 2 rings (SSSR count). The van der Waals surface area contributed by atoms with Gasteiger partial charge in [-0.1, -0.05) is 25.7 Å². The van der Waals surface area contributed by atoms with Crippen molar-refractivity contribution in [3.8, 4) is 0 Å². The number of carboxylic acids is 3. The van der Waals surface area contributed by atoms with E-state index < -0.39 is 17.9 Å². The van der Waals surface area contributed by atoms with Gasteiger partial charge in [0.25, 0.3) is 0 Å². The first-order chi connectivity index (χ1) is 20.6. The fourth-order valence-electron chi connectivity index (χ4n) is 5.60. The Morgan fingerprint density at radius 1 is 0.535 bits per heavy atom. The van der Waals surface area contributed by atoms with Crippen molar-refractivity contribution >= 4 is 29.7 Å². The van der Waals surface area contributed by atoms with Gasteiger partial charge in [-0.2, -0.15) is 0 Å². The van der Waals surface area contributed by atoms with Gasteiger partial charge in [-0.05, 0) is 31.6 Å². The largest absolute Gasteiger partial charge is 0.480 e. The lowest BCUT2D eigenvalue weighted by Gasteiger charge is -2.32. The Kier molecular flexibility index (Phi) is 17.8. The van der Waals surface area contributed by atoms with Crippen LogP contribution in [0.5, 0.6) is 0 Å². The third-order valence-corrected chi connectivity index (χ3v) is 8.09. The number of carboxylic acid groups (broad SMARTS) is 3.